The zero-order valence-corrected chi connectivity index (χ0v) is 9.07. The van der Waals surface area contributed by atoms with Gasteiger partial charge in [-0.3, -0.25) is 0 Å². The average molecular weight is 182 g/mol. The van der Waals surface area contributed by atoms with Crippen LogP contribution in [0, 0.1) is 11.8 Å². The van der Waals surface area contributed by atoms with E-state index in [1.165, 1.54) is 38.5 Å². The van der Waals surface area contributed by atoms with E-state index in [0.29, 0.717) is 6.61 Å². The van der Waals surface area contributed by atoms with Crippen LogP contribution in [-0.4, -0.2) is 13.7 Å². The van der Waals surface area contributed by atoms with Crippen LogP contribution in [0.15, 0.2) is 0 Å². The summed E-state index contributed by atoms with van der Waals surface area (Å²) in [6.45, 7) is 2.83. The standard InChI is InChI=1S/C12H22O/c1-3-4-5-6-7-8-9-10-11-12-13-2/h3-9,12H2,1-2H3. The summed E-state index contributed by atoms with van der Waals surface area (Å²) in [5.41, 5.74) is 0. The van der Waals surface area contributed by atoms with Crippen molar-refractivity contribution in [1.82, 2.24) is 0 Å². The van der Waals surface area contributed by atoms with Gasteiger partial charge in [0.05, 0.1) is 0 Å². The molecule has 1 nitrogen and oxygen atoms in total. The van der Waals surface area contributed by atoms with Crippen LogP contribution in [0.2, 0.25) is 0 Å². The lowest BCUT2D eigenvalue weighted by atomic mass is 10.1. The van der Waals surface area contributed by atoms with Crippen molar-refractivity contribution in [3.8, 4) is 11.8 Å². The Labute approximate surface area is 82.9 Å². The molecule has 0 radical (unpaired) electrons. The molecule has 0 aliphatic carbocycles. The lowest BCUT2D eigenvalue weighted by molar-refractivity contribution is 0.239. The molecule has 0 spiro atoms. The fourth-order valence-electron chi connectivity index (χ4n) is 1.21. The Kier molecular flexibility index (Phi) is 11.1. The van der Waals surface area contributed by atoms with Gasteiger partial charge in [0.1, 0.15) is 6.61 Å². The molecule has 0 N–H and O–H groups in total. The number of rotatable bonds is 7. The Balaban J connectivity index is 2.96. The minimum absolute atomic E-state index is 0.579. The first-order valence-electron chi connectivity index (χ1n) is 5.36. The first kappa shape index (κ1) is 12.5. The van der Waals surface area contributed by atoms with Crippen molar-refractivity contribution < 1.29 is 4.74 Å². The molecular formula is C12H22O. The van der Waals surface area contributed by atoms with E-state index in [1.807, 2.05) is 0 Å². The van der Waals surface area contributed by atoms with E-state index < -0.39 is 0 Å². The van der Waals surface area contributed by atoms with Gasteiger partial charge in [-0.2, -0.15) is 0 Å². The van der Waals surface area contributed by atoms with Gasteiger partial charge in [-0.15, -0.1) is 5.92 Å². The van der Waals surface area contributed by atoms with Crippen molar-refractivity contribution in [3.05, 3.63) is 0 Å². The summed E-state index contributed by atoms with van der Waals surface area (Å²) >= 11 is 0. The smallest absolute Gasteiger partial charge is 0.107 e. The molecule has 13 heavy (non-hydrogen) atoms. The Morgan fingerprint density at radius 3 is 2.31 bits per heavy atom. The molecule has 0 aromatic heterocycles. The molecule has 0 fully saturated rings. The molecule has 0 heterocycles. The summed E-state index contributed by atoms with van der Waals surface area (Å²) in [7, 11) is 1.68. The molecule has 0 atom stereocenters. The number of methoxy groups -OCH3 is 1. The lowest BCUT2D eigenvalue weighted by Gasteiger charge is -1.96. The van der Waals surface area contributed by atoms with Crippen LogP contribution in [-0.2, 0) is 4.74 Å². The van der Waals surface area contributed by atoms with E-state index in [-0.39, 0.29) is 0 Å². The van der Waals surface area contributed by atoms with Crippen molar-refractivity contribution in [1.29, 1.82) is 0 Å². The van der Waals surface area contributed by atoms with Crippen molar-refractivity contribution >= 4 is 0 Å². The van der Waals surface area contributed by atoms with Gasteiger partial charge >= 0.3 is 0 Å². The van der Waals surface area contributed by atoms with Gasteiger partial charge in [-0.25, -0.2) is 0 Å². The maximum Gasteiger partial charge on any atom is 0.107 e. The largest absolute Gasteiger partial charge is 0.372 e. The Hall–Kier alpha value is -0.480. The summed E-state index contributed by atoms with van der Waals surface area (Å²) in [5, 5.41) is 0. The molecule has 0 amide bonds. The quantitative estimate of drug-likeness (QED) is 0.433. The van der Waals surface area contributed by atoms with Crippen molar-refractivity contribution in [3.63, 3.8) is 0 Å². The fourth-order valence-corrected chi connectivity index (χ4v) is 1.21. The number of hydrogen-bond acceptors (Lipinski definition) is 1. The first-order chi connectivity index (χ1) is 6.41. The van der Waals surface area contributed by atoms with Crippen LogP contribution >= 0.6 is 0 Å². The average Bonchev–Trinajstić information content (AvgIpc) is 2.16. The number of unbranched alkanes of at least 4 members (excludes halogenated alkanes) is 6. The highest BCUT2D eigenvalue weighted by atomic mass is 16.5. The van der Waals surface area contributed by atoms with Crippen molar-refractivity contribution in [2.75, 3.05) is 13.7 Å². The molecule has 0 saturated heterocycles. The Bertz CT molecular complexity index is 141. The number of hydrogen-bond donors (Lipinski definition) is 0. The predicted octanol–water partition coefficient (Wildman–Crippen LogP) is 3.39. The first-order valence-corrected chi connectivity index (χ1v) is 5.36. The number of ether oxygens (including phenoxy) is 1. The summed E-state index contributed by atoms with van der Waals surface area (Å²) in [6.07, 6.45) is 9.10. The third-order valence-corrected chi connectivity index (χ3v) is 2.00. The highest BCUT2D eigenvalue weighted by Crippen LogP contribution is 2.05. The van der Waals surface area contributed by atoms with E-state index in [1.54, 1.807) is 7.11 Å². The predicted molar refractivity (Wildman–Crippen MR) is 57.6 cm³/mol. The second-order valence-corrected chi connectivity index (χ2v) is 3.30. The zero-order valence-electron chi connectivity index (χ0n) is 9.07. The molecule has 0 aliphatic heterocycles. The molecule has 1 heteroatoms. The molecule has 0 bridgehead atoms. The lowest BCUT2D eigenvalue weighted by Crippen LogP contribution is -1.81. The third-order valence-electron chi connectivity index (χ3n) is 2.00. The van der Waals surface area contributed by atoms with Crippen LogP contribution in [0.1, 0.15) is 51.9 Å². The van der Waals surface area contributed by atoms with E-state index >= 15 is 0 Å². The molecule has 0 unspecified atom stereocenters. The SMILES string of the molecule is CCCCCCCCC#CCOC. The van der Waals surface area contributed by atoms with Gasteiger partial charge in [0, 0.05) is 13.5 Å². The molecule has 76 valence electrons. The van der Waals surface area contributed by atoms with Gasteiger partial charge in [0.2, 0.25) is 0 Å². The highest BCUT2D eigenvalue weighted by molar-refractivity contribution is 4.98. The summed E-state index contributed by atoms with van der Waals surface area (Å²) < 4.78 is 4.83. The van der Waals surface area contributed by atoms with Gasteiger partial charge in [0.15, 0.2) is 0 Å². The minimum Gasteiger partial charge on any atom is -0.372 e. The van der Waals surface area contributed by atoms with Gasteiger partial charge in [-0.1, -0.05) is 44.9 Å². The molecular weight excluding hydrogens is 160 g/mol. The van der Waals surface area contributed by atoms with Crippen LogP contribution in [0.4, 0.5) is 0 Å². The van der Waals surface area contributed by atoms with E-state index in [4.69, 9.17) is 4.74 Å². The fraction of sp³-hybridized carbons (Fsp3) is 0.833. The molecule has 0 aliphatic rings. The van der Waals surface area contributed by atoms with Crippen LogP contribution in [0.25, 0.3) is 0 Å². The summed E-state index contributed by atoms with van der Waals surface area (Å²) in [6, 6.07) is 0. The highest BCUT2D eigenvalue weighted by Gasteiger charge is 1.87. The molecule has 0 saturated carbocycles. The Morgan fingerprint density at radius 2 is 1.62 bits per heavy atom. The zero-order chi connectivity index (χ0) is 9.78. The maximum atomic E-state index is 4.83. The molecule has 0 aromatic carbocycles. The van der Waals surface area contributed by atoms with Gasteiger partial charge in [0.25, 0.3) is 0 Å². The van der Waals surface area contributed by atoms with E-state index in [2.05, 4.69) is 18.8 Å². The van der Waals surface area contributed by atoms with Crippen molar-refractivity contribution in [2.24, 2.45) is 0 Å². The molecule has 0 aromatic rings. The Morgan fingerprint density at radius 1 is 0.923 bits per heavy atom. The van der Waals surface area contributed by atoms with Crippen molar-refractivity contribution in [2.45, 2.75) is 51.9 Å². The van der Waals surface area contributed by atoms with Gasteiger partial charge in [-0.05, 0) is 6.42 Å². The topological polar surface area (TPSA) is 9.23 Å². The van der Waals surface area contributed by atoms with Crippen LogP contribution < -0.4 is 0 Å². The van der Waals surface area contributed by atoms with E-state index in [9.17, 15) is 0 Å². The third kappa shape index (κ3) is 11.5. The van der Waals surface area contributed by atoms with E-state index in [0.717, 1.165) is 6.42 Å². The van der Waals surface area contributed by atoms with Gasteiger partial charge < -0.3 is 4.74 Å². The van der Waals surface area contributed by atoms with Crippen LogP contribution in [0.5, 0.6) is 0 Å². The normalized spacial score (nSPS) is 9.38. The summed E-state index contributed by atoms with van der Waals surface area (Å²) in [5.74, 6) is 6.07. The maximum absolute atomic E-state index is 4.83. The van der Waals surface area contributed by atoms with Crippen LogP contribution in [0.3, 0.4) is 0 Å². The second kappa shape index (κ2) is 11.5. The monoisotopic (exact) mass is 182 g/mol. The molecule has 0 rings (SSSR count). The second-order valence-electron chi connectivity index (χ2n) is 3.30. The summed E-state index contributed by atoms with van der Waals surface area (Å²) in [4.78, 5) is 0. The minimum atomic E-state index is 0.579.